The van der Waals surface area contributed by atoms with E-state index < -0.39 is 60.9 Å². The number of nitrogens with one attached hydrogen (secondary N) is 3. The van der Waals surface area contributed by atoms with E-state index in [4.69, 9.17) is 28.4 Å². The lowest BCUT2D eigenvalue weighted by molar-refractivity contribution is -0.870. The number of hydrogen-bond acceptors (Lipinski definition) is 15. The second-order valence-corrected chi connectivity index (χ2v) is 19.0. The molecule has 19 heteroatoms. The summed E-state index contributed by atoms with van der Waals surface area (Å²) in [7, 11) is 5.98. The van der Waals surface area contributed by atoms with Gasteiger partial charge in [-0.1, -0.05) is 61.4 Å². The molecule has 0 saturated carbocycles. The number of carbonyl (C=O) groups excluding carboxylic acids is 9. The zero-order valence-electron chi connectivity index (χ0n) is 43.5. The van der Waals surface area contributed by atoms with Crippen LogP contribution in [0.15, 0.2) is 72.8 Å². The van der Waals surface area contributed by atoms with Gasteiger partial charge in [0.2, 0.25) is 0 Å². The standard InChI is InChI=1S/C54H72N4O15/c1-9-55-52(66)57-45-27-20-42(21-28-45)34-56-48(62)44-25-23-43(24-26-44)47(61)29-22-40-16-18-41(19-17-40)33-46(60)15-12-10-11-13-31-68-49(63)37(2)72-50(64)38(3)73-53(67)71-36-54(5,35-70-39(4)59)51(65)69-32-14-30-58(6,7)8/h16-21,23-28,37-38H,9-15,22,29-36H2,1-8H3,(H2-,55,56,57,62,66)/p+1. The molecule has 0 aliphatic carbocycles. The third-order valence-corrected chi connectivity index (χ3v) is 11.2. The van der Waals surface area contributed by atoms with Crippen molar-refractivity contribution in [3.05, 3.63) is 101 Å². The number of ketones is 2. The van der Waals surface area contributed by atoms with Crippen LogP contribution >= 0.6 is 0 Å². The van der Waals surface area contributed by atoms with Gasteiger partial charge in [0.05, 0.1) is 40.9 Å². The summed E-state index contributed by atoms with van der Waals surface area (Å²) in [6.07, 6.45) is 0.573. The molecule has 3 amide bonds. The van der Waals surface area contributed by atoms with Crippen molar-refractivity contribution in [1.82, 2.24) is 10.6 Å². The molecule has 3 aromatic rings. The summed E-state index contributed by atoms with van der Waals surface area (Å²) in [4.78, 5) is 112. The summed E-state index contributed by atoms with van der Waals surface area (Å²) >= 11 is 0. The monoisotopic (exact) mass is 1020 g/mol. The number of unbranched alkanes of at least 4 members (excludes halogenated alkanes) is 3. The van der Waals surface area contributed by atoms with E-state index in [1.165, 1.54) is 20.8 Å². The quantitative estimate of drug-likeness (QED) is 0.0196. The minimum Gasteiger partial charge on any atom is -0.465 e. The predicted octanol–water partition coefficient (Wildman–Crippen LogP) is 6.86. The zero-order chi connectivity index (χ0) is 54.0. The number of rotatable bonds is 31. The second kappa shape index (κ2) is 30.7. The maximum absolute atomic E-state index is 12.9. The smallest absolute Gasteiger partial charge is 0.465 e. The van der Waals surface area contributed by atoms with Crippen molar-refractivity contribution < 1.29 is 76.1 Å². The summed E-state index contributed by atoms with van der Waals surface area (Å²) < 4.78 is 31.4. The first-order valence-corrected chi connectivity index (χ1v) is 24.5. The van der Waals surface area contributed by atoms with Gasteiger partial charge in [0.15, 0.2) is 18.0 Å². The number of ether oxygens (including phenoxy) is 6. The summed E-state index contributed by atoms with van der Waals surface area (Å²) in [5.74, 6) is -3.48. The van der Waals surface area contributed by atoms with Gasteiger partial charge in [0, 0.05) is 62.5 Å². The van der Waals surface area contributed by atoms with Gasteiger partial charge in [-0.3, -0.25) is 24.0 Å². The fraction of sp³-hybridized carbons (Fsp3) is 0.500. The number of Topliss-reactive ketones (excluding diaryl/α,β-unsaturated/α-hetero) is 2. The van der Waals surface area contributed by atoms with Crippen LogP contribution in [0.2, 0.25) is 0 Å². The van der Waals surface area contributed by atoms with E-state index in [1.807, 2.05) is 64.5 Å². The van der Waals surface area contributed by atoms with Gasteiger partial charge >= 0.3 is 36.1 Å². The largest absolute Gasteiger partial charge is 0.509 e. The number of anilines is 1. The van der Waals surface area contributed by atoms with E-state index >= 15 is 0 Å². The van der Waals surface area contributed by atoms with Gasteiger partial charge in [0.25, 0.3) is 5.91 Å². The number of nitrogens with zero attached hydrogens (tertiary/aromatic N) is 1. The molecule has 398 valence electrons. The summed E-state index contributed by atoms with van der Waals surface area (Å²) in [6, 6.07) is 21.0. The molecular formula is C54H73N4O15+. The Morgan fingerprint density at radius 3 is 1.85 bits per heavy atom. The van der Waals surface area contributed by atoms with Crippen LogP contribution in [-0.4, -0.2) is 131 Å². The number of benzene rings is 3. The van der Waals surface area contributed by atoms with Crippen molar-refractivity contribution in [3.8, 4) is 0 Å². The van der Waals surface area contributed by atoms with Crippen LogP contribution in [0, 0.1) is 5.41 Å². The first-order chi connectivity index (χ1) is 34.6. The highest BCUT2D eigenvalue weighted by Crippen LogP contribution is 2.22. The van der Waals surface area contributed by atoms with E-state index in [0.717, 1.165) is 36.6 Å². The Morgan fingerprint density at radius 2 is 1.21 bits per heavy atom. The molecule has 19 nitrogen and oxygen atoms in total. The Bertz CT molecular complexity index is 2310. The van der Waals surface area contributed by atoms with E-state index in [-0.39, 0.29) is 49.6 Å². The lowest BCUT2D eigenvalue weighted by atomic mass is 9.93. The number of amides is 3. The summed E-state index contributed by atoms with van der Waals surface area (Å²) in [5, 5.41) is 8.25. The lowest BCUT2D eigenvalue weighted by Crippen LogP contribution is -2.41. The number of hydrogen-bond donors (Lipinski definition) is 3. The van der Waals surface area contributed by atoms with Crippen LogP contribution in [0.1, 0.15) is 117 Å². The number of urea groups is 1. The minimum absolute atomic E-state index is 0.0538. The summed E-state index contributed by atoms with van der Waals surface area (Å²) in [5.41, 5.74) is 2.71. The Morgan fingerprint density at radius 1 is 0.616 bits per heavy atom. The van der Waals surface area contributed by atoms with Gasteiger partial charge in [-0.05, 0) is 87.9 Å². The Kier molecular flexibility index (Phi) is 25.3. The number of esters is 4. The average molecular weight is 1020 g/mol. The molecule has 0 heterocycles. The molecule has 3 aromatic carbocycles. The van der Waals surface area contributed by atoms with Crippen LogP contribution in [0.4, 0.5) is 15.3 Å². The molecule has 0 bridgehead atoms. The van der Waals surface area contributed by atoms with Crippen LogP contribution in [-0.2, 0) is 71.8 Å². The van der Waals surface area contributed by atoms with E-state index in [1.54, 1.807) is 36.4 Å². The number of quaternary nitrogens is 1. The molecule has 0 aliphatic heterocycles. The van der Waals surface area contributed by atoms with Crippen molar-refractivity contribution in [2.75, 3.05) is 66.0 Å². The lowest BCUT2D eigenvalue weighted by Gasteiger charge is -2.27. The zero-order valence-corrected chi connectivity index (χ0v) is 43.5. The highest BCUT2D eigenvalue weighted by Gasteiger charge is 2.39. The van der Waals surface area contributed by atoms with Crippen molar-refractivity contribution in [2.24, 2.45) is 5.41 Å². The molecule has 0 radical (unpaired) electrons. The maximum atomic E-state index is 12.9. The fourth-order valence-electron chi connectivity index (χ4n) is 6.80. The third kappa shape index (κ3) is 23.8. The van der Waals surface area contributed by atoms with E-state index in [9.17, 15) is 43.2 Å². The van der Waals surface area contributed by atoms with Crippen molar-refractivity contribution in [2.45, 2.75) is 111 Å². The van der Waals surface area contributed by atoms with Crippen molar-refractivity contribution in [3.63, 3.8) is 0 Å². The van der Waals surface area contributed by atoms with Gasteiger partial charge in [-0.2, -0.15) is 0 Å². The Hall–Kier alpha value is -7.15. The SMILES string of the molecule is CCNC(=O)Nc1ccc(CNC(=O)c2ccc(C(=O)CCc3ccc(CC(=O)CCCCCCOC(=O)C(C)OC(=O)C(C)OC(=O)OCC(C)(COC(C)=O)C(=O)OCCC[N+](C)(C)C)cc3)cc2)cc1. The topological polar surface area (TPSA) is 245 Å². The molecule has 0 spiro atoms. The Balaban J connectivity index is 1.27. The molecule has 3 rings (SSSR count). The molecule has 0 fully saturated rings. The van der Waals surface area contributed by atoms with Gasteiger partial charge in [-0.15, -0.1) is 0 Å². The van der Waals surface area contributed by atoms with Crippen LogP contribution in [0.5, 0.6) is 0 Å². The van der Waals surface area contributed by atoms with Crippen LogP contribution < -0.4 is 16.0 Å². The average Bonchev–Trinajstić information content (AvgIpc) is 3.35. The minimum atomic E-state index is -1.55. The van der Waals surface area contributed by atoms with Gasteiger partial charge in [-0.25, -0.2) is 19.2 Å². The molecule has 0 aliphatic rings. The first-order valence-electron chi connectivity index (χ1n) is 24.5. The van der Waals surface area contributed by atoms with Gasteiger partial charge < -0.3 is 48.9 Å². The van der Waals surface area contributed by atoms with E-state index in [0.29, 0.717) is 72.9 Å². The molecule has 73 heavy (non-hydrogen) atoms. The number of aryl methyl sites for hydroxylation is 1. The number of carbonyl (C=O) groups is 9. The van der Waals surface area contributed by atoms with Gasteiger partial charge in [0.1, 0.15) is 24.4 Å². The van der Waals surface area contributed by atoms with Crippen LogP contribution in [0.25, 0.3) is 0 Å². The van der Waals surface area contributed by atoms with Crippen molar-refractivity contribution in [1.29, 1.82) is 0 Å². The molecule has 3 atom stereocenters. The second-order valence-electron chi connectivity index (χ2n) is 19.0. The molecule has 0 saturated heterocycles. The summed E-state index contributed by atoms with van der Waals surface area (Å²) in [6.45, 7) is 7.63. The predicted molar refractivity (Wildman–Crippen MR) is 269 cm³/mol. The van der Waals surface area contributed by atoms with Crippen LogP contribution in [0.3, 0.4) is 0 Å². The van der Waals surface area contributed by atoms with Crippen molar-refractivity contribution >= 4 is 59.2 Å². The first kappa shape index (κ1) is 60.2. The molecular weight excluding hydrogens is 945 g/mol. The third-order valence-electron chi connectivity index (χ3n) is 11.2. The molecule has 3 N–H and O–H groups in total. The Labute approximate surface area is 427 Å². The molecule has 3 unspecified atom stereocenters. The highest BCUT2D eigenvalue weighted by atomic mass is 16.7. The highest BCUT2D eigenvalue weighted by molar-refractivity contribution is 5.99. The fourth-order valence-corrected chi connectivity index (χ4v) is 6.80. The maximum Gasteiger partial charge on any atom is 0.509 e. The van der Waals surface area contributed by atoms with E-state index in [2.05, 4.69) is 16.0 Å². The normalized spacial score (nSPS) is 12.7. The molecule has 0 aromatic heterocycles.